The second-order valence-corrected chi connectivity index (χ2v) is 3.98. The van der Waals surface area contributed by atoms with Gasteiger partial charge in [0.15, 0.2) is 18.0 Å². The molecule has 0 unspecified atom stereocenters. The Morgan fingerprint density at radius 3 is 3.00 bits per heavy atom. The van der Waals surface area contributed by atoms with Crippen molar-refractivity contribution in [2.45, 2.75) is 0 Å². The van der Waals surface area contributed by atoms with Crippen LogP contribution in [-0.2, 0) is 0 Å². The van der Waals surface area contributed by atoms with Crippen LogP contribution in [0.2, 0.25) is 5.15 Å². The lowest BCUT2D eigenvalue weighted by Gasteiger charge is -1.94. The van der Waals surface area contributed by atoms with E-state index in [2.05, 4.69) is 25.9 Å². The highest BCUT2D eigenvalue weighted by Gasteiger charge is 2.12. The number of nitrogens with zero attached hydrogens (tertiary/aromatic N) is 3. The molecule has 0 aliphatic rings. The number of hydrogen-bond donors (Lipinski definition) is 0. The van der Waals surface area contributed by atoms with Crippen LogP contribution in [0.15, 0.2) is 17.0 Å². The molecule has 0 aliphatic carbocycles. The van der Waals surface area contributed by atoms with Crippen LogP contribution in [0.5, 0.6) is 0 Å². The fraction of sp³-hybridized carbons (Fsp3) is 0. The predicted octanol–water partition coefficient (Wildman–Crippen LogP) is 3.23. The minimum absolute atomic E-state index is 0.0656. The van der Waals surface area contributed by atoms with Crippen molar-refractivity contribution in [1.29, 1.82) is 0 Å². The van der Waals surface area contributed by atoms with Gasteiger partial charge in [-0.3, -0.25) is 0 Å². The quantitative estimate of drug-likeness (QED) is 0.752. The van der Waals surface area contributed by atoms with Gasteiger partial charge in [0, 0.05) is 10.7 Å². The average Bonchev–Trinajstić information content (AvgIpc) is 2.44. The third-order valence-electron chi connectivity index (χ3n) is 1.53. The van der Waals surface area contributed by atoms with Gasteiger partial charge in [-0.05, 0) is 15.9 Å². The van der Waals surface area contributed by atoms with Gasteiger partial charge >= 0.3 is 0 Å². The first-order chi connectivity index (χ1) is 6.24. The van der Waals surface area contributed by atoms with Crippen LogP contribution < -0.4 is 0 Å². The molecule has 0 fully saturated rings. The first-order valence-electron chi connectivity index (χ1n) is 3.20. The lowest BCUT2D eigenvalue weighted by atomic mass is 10.4. The number of fused-ring (bicyclic) bond motifs is 1. The summed E-state index contributed by atoms with van der Waals surface area (Å²) in [5.41, 5.74) is 0.458. The maximum atomic E-state index is 12.4. The zero-order valence-corrected chi connectivity index (χ0v) is 9.20. The molecule has 2 heterocycles. The molecule has 0 aliphatic heterocycles. The molecule has 2 rings (SSSR count). The van der Waals surface area contributed by atoms with Gasteiger partial charge in [0.25, 0.3) is 0 Å². The van der Waals surface area contributed by atoms with Crippen molar-refractivity contribution in [3.05, 3.63) is 22.1 Å². The van der Waals surface area contributed by atoms with E-state index in [0.29, 0.717) is 20.7 Å². The Morgan fingerprint density at radius 2 is 2.31 bits per heavy atom. The first-order valence-corrected chi connectivity index (χ1v) is 5.04. The van der Waals surface area contributed by atoms with E-state index >= 15 is 0 Å². The lowest BCUT2D eigenvalue weighted by molar-refractivity contribution is 0.919. The van der Waals surface area contributed by atoms with Gasteiger partial charge in [0.2, 0.25) is 0 Å². The fourth-order valence-electron chi connectivity index (χ4n) is 1.01. The molecule has 2 aromatic heterocycles. The van der Waals surface area contributed by atoms with E-state index in [1.165, 1.54) is 10.3 Å². The highest BCUT2D eigenvalue weighted by molar-refractivity contribution is 9.10. The minimum Gasteiger partial charge on any atom is -0.246 e. The first kappa shape index (κ1) is 9.23. The predicted molar refractivity (Wildman–Crippen MR) is 54.3 cm³/mol. The van der Waals surface area contributed by atoms with E-state index in [0.717, 1.165) is 0 Å². The second-order valence-electron chi connectivity index (χ2n) is 2.23. The van der Waals surface area contributed by atoms with Crippen LogP contribution in [0.1, 0.15) is 0 Å². The van der Waals surface area contributed by atoms with Gasteiger partial charge in [-0.1, -0.05) is 11.6 Å². The van der Waals surface area contributed by atoms with E-state index in [1.54, 1.807) is 6.20 Å². The Bertz CT molecular complexity index is 460. The second kappa shape index (κ2) is 3.43. The summed E-state index contributed by atoms with van der Waals surface area (Å²) in [6.45, 7) is 0. The highest BCUT2D eigenvalue weighted by Crippen LogP contribution is 2.31. The topological polar surface area (TPSA) is 30.7 Å². The summed E-state index contributed by atoms with van der Waals surface area (Å²) >= 11 is 9.12. The van der Waals surface area contributed by atoms with Gasteiger partial charge in [-0.15, -0.1) is 3.89 Å². The van der Waals surface area contributed by atoms with Crippen LogP contribution in [0.4, 0.5) is 3.89 Å². The molecule has 0 atom stereocenters. The molecular weight excluding hydrogens is 281 g/mol. The molecule has 0 spiro atoms. The van der Waals surface area contributed by atoms with E-state index in [4.69, 9.17) is 11.6 Å². The summed E-state index contributed by atoms with van der Waals surface area (Å²) in [5, 5.41) is 0.930. The van der Waals surface area contributed by atoms with E-state index in [1.807, 2.05) is 0 Å². The van der Waals surface area contributed by atoms with Crippen molar-refractivity contribution in [3.63, 3.8) is 0 Å². The summed E-state index contributed by atoms with van der Waals surface area (Å²) in [6.07, 6.45) is 2.85. The molecule has 0 saturated heterocycles. The molecule has 0 radical (unpaired) electrons. The normalized spacial score (nSPS) is 11.0. The fourth-order valence-corrected chi connectivity index (χ4v) is 2.41. The monoisotopic (exact) mass is 281 g/mol. The number of rotatable bonds is 1. The Kier molecular flexibility index (Phi) is 2.44. The molecular formula is C6H2BrClFN3S. The maximum Gasteiger partial charge on any atom is 0.171 e. The zero-order chi connectivity index (χ0) is 9.42. The van der Waals surface area contributed by atoms with E-state index in [9.17, 15) is 3.89 Å². The summed E-state index contributed by atoms with van der Waals surface area (Å²) in [7, 11) is 0. The lowest BCUT2D eigenvalue weighted by Crippen LogP contribution is -1.85. The van der Waals surface area contributed by atoms with Crippen LogP contribution in [-0.4, -0.2) is 13.9 Å². The Morgan fingerprint density at radius 1 is 1.54 bits per heavy atom. The Hall–Kier alpha value is -0.330. The molecule has 0 N–H and O–H groups in total. The molecule has 2 aromatic rings. The largest absolute Gasteiger partial charge is 0.246 e. The van der Waals surface area contributed by atoms with Crippen molar-refractivity contribution >= 4 is 50.9 Å². The van der Waals surface area contributed by atoms with Crippen LogP contribution in [0.3, 0.4) is 0 Å². The third kappa shape index (κ3) is 1.43. The van der Waals surface area contributed by atoms with E-state index in [-0.39, 0.29) is 12.3 Å². The Balaban J connectivity index is 2.87. The average molecular weight is 283 g/mol. The molecule has 7 heteroatoms. The van der Waals surface area contributed by atoms with Gasteiger partial charge in [0.1, 0.15) is 11.5 Å². The SMILES string of the molecule is FSn1cc(Br)c2c(Cl)ncnc21. The summed E-state index contributed by atoms with van der Waals surface area (Å²) in [5.74, 6) is 0. The minimum atomic E-state index is 0.0656. The third-order valence-corrected chi connectivity index (χ3v) is 2.85. The van der Waals surface area contributed by atoms with Crippen LogP contribution in [0.25, 0.3) is 11.0 Å². The molecule has 0 bridgehead atoms. The molecule has 13 heavy (non-hydrogen) atoms. The van der Waals surface area contributed by atoms with Gasteiger partial charge in [-0.2, -0.15) is 0 Å². The van der Waals surface area contributed by atoms with Crippen molar-refractivity contribution < 1.29 is 3.89 Å². The van der Waals surface area contributed by atoms with Crippen molar-refractivity contribution in [3.8, 4) is 0 Å². The molecule has 0 amide bonds. The standard InChI is InChI=1S/C6H2BrClFN3S/c7-3-1-12(13-9)6-4(3)5(8)10-2-11-6/h1-2H. The molecule has 3 nitrogen and oxygen atoms in total. The van der Waals surface area contributed by atoms with Gasteiger partial charge < -0.3 is 0 Å². The summed E-state index contributed by atoms with van der Waals surface area (Å²) in [4.78, 5) is 7.71. The van der Waals surface area contributed by atoms with Gasteiger partial charge in [0.05, 0.1) is 5.39 Å². The van der Waals surface area contributed by atoms with E-state index < -0.39 is 0 Å². The summed E-state index contributed by atoms with van der Waals surface area (Å²) in [6, 6.07) is 0. The maximum absolute atomic E-state index is 12.4. The van der Waals surface area contributed by atoms with Crippen LogP contribution >= 0.6 is 39.9 Å². The van der Waals surface area contributed by atoms with Crippen molar-refractivity contribution in [2.24, 2.45) is 0 Å². The number of halogens is 3. The summed E-state index contributed by atoms with van der Waals surface area (Å²) < 4.78 is 14.3. The molecule has 68 valence electrons. The number of aromatic nitrogens is 3. The smallest absolute Gasteiger partial charge is 0.171 e. The number of hydrogen-bond acceptors (Lipinski definition) is 3. The van der Waals surface area contributed by atoms with Gasteiger partial charge in [-0.25, -0.2) is 13.9 Å². The Labute approximate surface area is 90.9 Å². The molecule has 0 saturated carbocycles. The van der Waals surface area contributed by atoms with Crippen molar-refractivity contribution in [1.82, 2.24) is 13.9 Å². The zero-order valence-electron chi connectivity index (χ0n) is 6.04. The van der Waals surface area contributed by atoms with Crippen molar-refractivity contribution in [2.75, 3.05) is 0 Å². The highest BCUT2D eigenvalue weighted by atomic mass is 79.9. The molecule has 0 aromatic carbocycles. The van der Waals surface area contributed by atoms with Crippen LogP contribution in [0, 0.1) is 0 Å².